The molecule has 1 aliphatic rings. The molecule has 0 heterocycles. The van der Waals surface area contributed by atoms with Crippen molar-refractivity contribution in [1.82, 2.24) is 0 Å². The third-order valence-electron chi connectivity index (χ3n) is 4.76. The molecule has 0 nitrogen and oxygen atoms in total. The largest absolute Gasteiger partial charge is 4.00 e. The van der Waals surface area contributed by atoms with E-state index in [-0.39, 0.29) is 58.9 Å². The van der Waals surface area contributed by atoms with Gasteiger partial charge in [-0.3, -0.25) is 6.08 Å². The molecule has 1 aliphatic carbocycles. The second-order valence-corrected chi connectivity index (χ2v) is 10.7. The van der Waals surface area contributed by atoms with Crippen molar-refractivity contribution in [2.75, 3.05) is 0 Å². The molecule has 0 bridgehead atoms. The molecule has 0 amide bonds. The van der Waals surface area contributed by atoms with Gasteiger partial charge in [0, 0.05) is 8.07 Å². The van der Waals surface area contributed by atoms with E-state index in [1.54, 1.807) is 16.0 Å². The second-order valence-electron chi connectivity index (χ2n) is 6.38. The van der Waals surface area contributed by atoms with Crippen LogP contribution in [-0.2, 0) is 21.7 Å². The molecule has 0 aromatic heterocycles. The van der Waals surface area contributed by atoms with Gasteiger partial charge < -0.3 is 37.2 Å². The van der Waals surface area contributed by atoms with E-state index >= 15 is 0 Å². The molecule has 0 fully saturated rings. The summed E-state index contributed by atoms with van der Waals surface area (Å²) in [4.78, 5) is 0. The van der Waals surface area contributed by atoms with E-state index in [0.29, 0.717) is 0 Å². The Kier molecular flexibility index (Phi) is 18.8. The molecular weight excluding hydrogens is 423 g/mol. The van der Waals surface area contributed by atoms with Crippen molar-refractivity contribution in [2.45, 2.75) is 65.0 Å². The van der Waals surface area contributed by atoms with Gasteiger partial charge >= 0.3 is 21.7 Å². The molecule has 0 saturated heterocycles. The first-order valence-electron chi connectivity index (χ1n) is 8.58. The van der Waals surface area contributed by atoms with Crippen molar-refractivity contribution < 1.29 is 58.9 Å². The molecule has 138 valence electrons. The summed E-state index contributed by atoms with van der Waals surface area (Å²) in [5, 5.41) is 3.29. The van der Waals surface area contributed by atoms with Crippen molar-refractivity contribution in [2.24, 2.45) is 0 Å². The molecule has 1 unspecified atom stereocenters. The summed E-state index contributed by atoms with van der Waals surface area (Å²) in [6.07, 6.45) is 13.6. The average molecular weight is 452 g/mol. The summed E-state index contributed by atoms with van der Waals surface area (Å²) in [7, 11) is -1.56. The Hall–Kier alpha value is 0.501. The number of allylic oxidation sites excluding steroid dienone is 4. The molecule has 0 saturated carbocycles. The number of hydrogen-bond donors (Lipinski definition) is 0. The number of unbranched alkanes of at least 4 members (excludes halogenated alkanes) is 2. The van der Waals surface area contributed by atoms with Crippen LogP contribution >= 0.6 is 0 Å². The fourth-order valence-corrected chi connectivity index (χ4v) is 7.69. The molecule has 25 heavy (non-hydrogen) atoms. The summed E-state index contributed by atoms with van der Waals surface area (Å²) in [6, 6.07) is 12.6. The van der Waals surface area contributed by atoms with Crippen LogP contribution in [0.5, 0.6) is 0 Å². The number of benzene rings is 1. The van der Waals surface area contributed by atoms with Crippen LogP contribution in [0.2, 0.25) is 12.6 Å². The Balaban J connectivity index is -0.00000121. The number of halogens is 3. The van der Waals surface area contributed by atoms with Crippen LogP contribution in [0.3, 0.4) is 0 Å². The van der Waals surface area contributed by atoms with Gasteiger partial charge in [-0.25, -0.2) is 5.57 Å². The molecule has 0 radical (unpaired) electrons. The van der Waals surface area contributed by atoms with E-state index in [0.717, 1.165) is 6.42 Å². The number of rotatable bonds is 8. The summed E-state index contributed by atoms with van der Waals surface area (Å²) >= 11 is 0. The normalized spacial score (nSPS) is 14.5. The van der Waals surface area contributed by atoms with Gasteiger partial charge in [0.1, 0.15) is 0 Å². The van der Waals surface area contributed by atoms with E-state index in [4.69, 9.17) is 0 Å². The number of hydrogen-bond acceptors (Lipinski definition) is 0. The molecule has 0 spiro atoms. The smallest absolute Gasteiger partial charge is 1.00 e. The van der Waals surface area contributed by atoms with E-state index in [2.05, 4.69) is 62.9 Å². The Bertz CT molecular complexity index is 517. The molecule has 0 N–H and O–H groups in total. The van der Waals surface area contributed by atoms with Crippen molar-refractivity contribution >= 4 is 13.3 Å². The van der Waals surface area contributed by atoms with Gasteiger partial charge in [0.05, 0.1) is 0 Å². The molecular formula is C20H29Cl3SiTi. The third kappa shape index (κ3) is 7.95. The van der Waals surface area contributed by atoms with Crippen LogP contribution in [0.15, 0.2) is 47.2 Å². The van der Waals surface area contributed by atoms with Gasteiger partial charge in [-0.15, -0.1) is 6.42 Å². The first kappa shape index (κ1) is 30.2. The van der Waals surface area contributed by atoms with Crippen LogP contribution in [0.1, 0.15) is 52.4 Å². The fourth-order valence-electron chi connectivity index (χ4n) is 3.40. The standard InChI is InChI=1S/C20H29Si.3ClH.Ti/c1-4-6-12-18-13-11-16-20(18)21(3,17-7-5-2)19-14-9-8-10-15-19;;;;/h8-10,14-16H,4-7,11-12,17H2,1-3H3;3*1H;/q-1;;;;+4/p-3. The topological polar surface area (TPSA) is 0 Å². The fraction of sp³-hybridized carbons (Fsp3) is 0.500. The van der Waals surface area contributed by atoms with Gasteiger partial charge in [0.2, 0.25) is 0 Å². The summed E-state index contributed by atoms with van der Waals surface area (Å²) in [6.45, 7) is 7.16. The molecule has 1 aromatic carbocycles. The van der Waals surface area contributed by atoms with E-state index < -0.39 is 8.07 Å². The third-order valence-corrected chi connectivity index (χ3v) is 9.42. The van der Waals surface area contributed by atoms with Gasteiger partial charge in [0.25, 0.3) is 0 Å². The maximum atomic E-state index is 3.65. The molecule has 1 aromatic rings. The minimum absolute atomic E-state index is 0. The van der Waals surface area contributed by atoms with Crippen LogP contribution in [-0.4, -0.2) is 8.07 Å². The summed E-state index contributed by atoms with van der Waals surface area (Å²) in [5.41, 5.74) is 1.55. The summed E-state index contributed by atoms with van der Waals surface area (Å²) in [5.74, 6) is 0. The average Bonchev–Trinajstić information content (AvgIpc) is 3.00. The van der Waals surface area contributed by atoms with E-state index in [1.165, 1.54) is 38.1 Å². The van der Waals surface area contributed by atoms with Gasteiger partial charge in [-0.2, -0.15) is 11.3 Å². The SMILES string of the molecule is CCCCC1=[C-]CC=C1[Si](C)(CCCC)c1ccccc1.[Cl-].[Cl-].[Cl-].[Ti+4]. The maximum absolute atomic E-state index is 3.65. The van der Waals surface area contributed by atoms with Gasteiger partial charge in [-0.1, -0.05) is 94.1 Å². The van der Waals surface area contributed by atoms with Crippen LogP contribution < -0.4 is 42.4 Å². The van der Waals surface area contributed by atoms with E-state index in [1.807, 2.05) is 0 Å². The minimum Gasteiger partial charge on any atom is -1.00 e. The second kappa shape index (κ2) is 15.5. The van der Waals surface area contributed by atoms with Crippen LogP contribution in [0.25, 0.3) is 0 Å². The van der Waals surface area contributed by atoms with Crippen LogP contribution in [0.4, 0.5) is 0 Å². The molecule has 0 aliphatic heterocycles. The molecule has 2 rings (SSSR count). The van der Waals surface area contributed by atoms with Crippen molar-refractivity contribution in [3.63, 3.8) is 0 Å². The zero-order valence-electron chi connectivity index (χ0n) is 15.5. The Morgan fingerprint density at radius 3 is 2.12 bits per heavy atom. The Labute approximate surface area is 189 Å². The predicted molar refractivity (Wildman–Crippen MR) is 96.4 cm³/mol. The first-order valence-corrected chi connectivity index (χ1v) is 11.3. The van der Waals surface area contributed by atoms with Crippen LogP contribution in [0, 0.1) is 6.08 Å². The maximum Gasteiger partial charge on any atom is 4.00 e. The zero-order valence-corrected chi connectivity index (χ0v) is 20.4. The van der Waals surface area contributed by atoms with Crippen molar-refractivity contribution in [1.29, 1.82) is 0 Å². The summed E-state index contributed by atoms with van der Waals surface area (Å²) < 4.78 is 0. The Morgan fingerprint density at radius 1 is 0.960 bits per heavy atom. The van der Waals surface area contributed by atoms with E-state index in [9.17, 15) is 0 Å². The molecule has 5 heteroatoms. The first-order chi connectivity index (χ1) is 10.2. The zero-order chi connectivity index (χ0) is 15.1. The van der Waals surface area contributed by atoms with Crippen molar-refractivity contribution in [3.8, 4) is 0 Å². The molecule has 1 atom stereocenters. The quantitative estimate of drug-likeness (QED) is 0.285. The van der Waals surface area contributed by atoms with Gasteiger partial charge in [0.15, 0.2) is 0 Å². The predicted octanol–water partition coefficient (Wildman–Crippen LogP) is -3.43. The monoisotopic (exact) mass is 450 g/mol. The van der Waals surface area contributed by atoms with Crippen molar-refractivity contribution in [3.05, 3.63) is 53.3 Å². The Morgan fingerprint density at radius 2 is 1.56 bits per heavy atom. The van der Waals surface area contributed by atoms with Gasteiger partial charge in [-0.05, 0) is 0 Å². The minimum atomic E-state index is -1.56.